The number of rotatable bonds is 26. The van der Waals surface area contributed by atoms with Crippen LogP contribution in [0.2, 0.25) is 0 Å². The molecule has 6 aliphatic heterocycles. The van der Waals surface area contributed by atoms with E-state index in [1.54, 1.807) is 20.8 Å². The quantitative estimate of drug-likeness (QED) is 0.0382. The van der Waals surface area contributed by atoms with Crippen molar-refractivity contribution in [1.82, 2.24) is 10.6 Å². The fourth-order valence-electron chi connectivity index (χ4n) is 16.0. The van der Waals surface area contributed by atoms with Crippen molar-refractivity contribution >= 4 is 11.8 Å². The number of amides is 2. The molecule has 4 saturated carbocycles. The largest absolute Gasteiger partial charge is 0.394 e. The van der Waals surface area contributed by atoms with Crippen molar-refractivity contribution in [2.24, 2.45) is 69.2 Å². The van der Waals surface area contributed by atoms with Gasteiger partial charge in [0.05, 0.1) is 74.9 Å². The van der Waals surface area contributed by atoms with Crippen LogP contribution in [0.4, 0.5) is 0 Å². The third-order valence-electron chi connectivity index (χ3n) is 23.7. The topological polar surface area (TPSA) is 915 Å². The molecule has 6 saturated heterocycles. The van der Waals surface area contributed by atoms with E-state index in [-0.39, 0.29) is 50.6 Å². The molecule has 2 amide bonds. The lowest BCUT2D eigenvalue weighted by Crippen LogP contribution is -2.69. The predicted molar refractivity (Wildman–Crippen MR) is 402 cm³/mol. The Morgan fingerprint density at radius 1 is 0.317 bits per heavy atom. The molecule has 4 aliphatic carbocycles. The Bertz CT molecular complexity index is 3020. The molecule has 50 heteroatoms. The summed E-state index contributed by atoms with van der Waals surface area (Å²) in [5.41, 5.74) is 59.2. The van der Waals surface area contributed by atoms with Crippen molar-refractivity contribution in [1.29, 1.82) is 0 Å². The number of hydrogen-bond donors (Lipinski definition) is 36. The first-order chi connectivity index (χ1) is 56.4. The van der Waals surface area contributed by atoms with Gasteiger partial charge in [0.25, 0.3) is 0 Å². The molecule has 120 heavy (non-hydrogen) atoms. The molecule has 0 bridgehead atoms. The highest BCUT2D eigenvalue weighted by Crippen LogP contribution is 2.38. The van der Waals surface area contributed by atoms with Crippen LogP contribution in [0.25, 0.3) is 0 Å². The van der Waals surface area contributed by atoms with Crippen LogP contribution in [0.15, 0.2) is 0 Å². The van der Waals surface area contributed by atoms with Crippen molar-refractivity contribution in [3.63, 3.8) is 0 Å². The fourth-order valence-corrected chi connectivity index (χ4v) is 16.0. The number of aliphatic hydroxyl groups is 24. The summed E-state index contributed by atoms with van der Waals surface area (Å²) in [4.78, 5) is 24.5. The molecule has 46 N–H and O–H groups in total. The molecule has 0 aromatic carbocycles. The molecular weight excluding hydrogens is 1620 g/mol. The van der Waals surface area contributed by atoms with Crippen LogP contribution in [0.3, 0.4) is 0 Å². The Morgan fingerprint density at radius 2 is 0.567 bits per heavy atom. The molecule has 0 spiro atoms. The summed E-state index contributed by atoms with van der Waals surface area (Å²) >= 11 is 0. The van der Waals surface area contributed by atoms with Crippen LogP contribution >= 0.6 is 0 Å². The van der Waals surface area contributed by atoms with Gasteiger partial charge in [0.2, 0.25) is 11.8 Å². The lowest BCUT2D eigenvalue weighted by atomic mass is 9.80. The standard InChI is InChI=1S/C22H42N4O12.C18H35N3O10.C17H33N3O9.C13H26N2O7/c1-2-3-9(28)20(34)26-8-4-7(24)18(37-21-12(25)16(32)15(31)11(6-27)36-21)19(13(8)29)38-22-17(33)14(30)10(5-23)35-22;1-5-2-6(20)15(30-17-9(21)13(26)12(25)8(4-22)29-17)16(10(5)23)31-18-14(27)11(24)7(3-19)28-18;1-2-3-8(22)16(27)20-7-4-6(18)15(14(26)11(7)23)29-17-10(19)13(25)12(24)9(5-21)28-17;1-4-2-5(14)12(11(20)8(4)17)22-13-7(15)10(19)9(18)6(3-16)21-13/h7-19,21-22,27-33H,2-6,23-25H2,1H3,(H,26,34);5-18,22-27H,2-4,19-21H2,1H3;6-15,17,21-26H,2-5,18-19H2,1H3,(H,20,27);4-13,16-20H,2-3,14-15H2,1H3/t7?,8-,9+,10-,11?,12?,13?,14+,15-,16-,17?,18-,19-,21-,22+;5-,6?,7-,8?,9?,10?,11+,12-,13-,14?,15-,16-,17-,18+;6?,7-,8+,9?,10?,11?,12-,13-,14-,15-,17-;4-,5?,6?,7?,8?,9-,10-,11-,12-,13-/m1111/s1. The number of carbonyl (C=O) groups excluding carboxylic acids is 2. The zero-order valence-corrected chi connectivity index (χ0v) is 67.0. The summed E-state index contributed by atoms with van der Waals surface area (Å²) < 4.78 is 67.3. The van der Waals surface area contributed by atoms with Gasteiger partial charge in [0, 0.05) is 37.3 Å². The van der Waals surface area contributed by atoms with Crippen LogP contribution < -0.4 is 68.0 Å². The van der Waals surface area contributed by atoms with E-state index in [1.165, 1.54) is 0 Å². The average Bonchev–Trinajstić information content (AvgIpc) is 1.27. The Labute approximate surface area is 690 Å². The molecule has 50 atom stereocenters. The van der Waals surface area contributed by atoms with E-state index in [1.807, 2.05) is 6.92 Å². The second-order valence-corrected chi connectivity index (χ2v) is 32.6. The van der Waals surface area contributed by atoms with E-state index in [0.29, 0.717) is 25.7 Å². The van der Waals surface area contributed by atoms with Crippen molar-refractivity contribution < 1.29 is 189 Å². The van der Waals surface area contributed by atoms with E-state index in [2.05, 4.69) is 10.6 Å². The molecule has 50 nitrogen and oxygen atoms in total. The molecule has 10 aliphatic rings. The maximum absolute atomic E-state index is 12.5. The number of ether oxygens (including phenoxy) is 12. The van der Waals surface area contributed by atoms with Crippen molar-refractivity contribution in [3.05, 3.63) is 0 Å². The summed E-state index contributed by atoms with van der Waals surface area (Å²) in [7, 11) is 0. The Kier molecular flexibility index (Phi) is 40.7. The highest BCUT2D eigenvalue weighted by atomic mass is 16.8. The minimum absolute atomic E-state index is 0.0318. The van der Waals surface area contributed by atoms with Crippen LogP contribution in [-0.2, 0) is 66.4 Å². The van der Waals surface area contributed by atoms with Crippen molar-refractivity contribution in [3.8, 4) is 0 Å². The van der Waals surface area contributed by atoms with Crippen LogP contribution in [0.5, 0.6) is 0 Å². The van der Waals surface area contributed by atoms with E-state index < -0.39 is 332 Å². The summed E-state index contributed by atoms with van der Waals surface area (Å²) in [6, 6.07) is -9.63. The third kappa shape index (κ3) is 24.5. The molecule has 0 aromatic heterocycles. The van der Waals surface area contributed by atoms with E-state index >= 15 is 0 Å². The highest BCUT2D eigenvalue weighted by molar-refractivity contribution is 5.81. The highest BCUT2D eigenvalue weighted by Gasteiger charge is 2.57. The molecule has 0 aromatic rings. The predicted octanol–water partition coefficient (Wildman–Crippen LogP) is -20.2. The lowest BCUT2D eigenvalue weighted by Gasteiger charge is -2.47. The number of hydrogen-bond acceptors (Lipinski definition) is 48. The monoisotopic (exact) mass is 1750 g/mol. The molecule has 704 valence electrons. The summed E-state index contributed by atoms with van der Waals surface area (Å²) in [6.45, 7) is 4.60. The van der Waals surface area contributed by atoms with Gasteiger partial charge in [0.1, 0.15) is 183 Å². The van der Waals surface area contributed by atoms with Gasteiger partial charge in [-0.1, -0.05) is 40.5 Å². The first-order valence-corrected chi connectivity index (χ1v) is 40.4. The molecule has 6 heterocycles. The van der Waals surface area contributed by atoms with Crippen molar-refractivity contribution in [2.75, 3.05) is 39.5 Å². The van der Waals surface area contributed by atoms with E-state index in [9.17, 15) is 127 Å². The van der Waals surface area contributed by atoms with Gasteiger partial charge in [-0.2, -0.15) is 0 Å². The van der Waals surface area contributed by atoms with Gasteiger partial charge in [-0.3, -0.25) is 9.59 Å². The van der Waals surface area contributed by atoms with Crippen LogP contribution in [0.1, 0.15) is 79.1 Å². The molecule has 18 unspecified atom stereocenters. The van der Waals surface area contributed by atoms with E-state index in [0.717, 1.165) is 0 Å². The SMILES string of the molecule is CCC[C@H](O)C(=O)N[C@@H]1CC(N)[C@@H](O[C@H]2OC(CO)[C@@H](O)[C@H](O)C2N)[C@H](O)C1O.CCC[C@H](O)C(=O)N[C@@H]1CC(N)[C@@H](O[C@H]2OC(CO)[C@@H](O)[C@H](O)C2N)[C@H](O[C@@H]2O[C@H](CN)[C@H](O)C2O)C1O.C[C@@H]1CC(N)[C@@H](O[C@H]2OC(CO)[C@@H](O)[C@H](O)C2N)[C@H](O)C1O.C[C@@H]1CC(N)[C@@H](O[C@H]2OC(CO)[C@@H](O)[C@H](O)C2N)[C@H](O[C@@H]2O[C@H](CN)[C@H](O)C2O)C1O. The van der Waals surface area contributed by atoms with Gasteiger partial charge in [-0.25, -0.2) is 0 Å². The van der Waals surface area contributed by atoms with Gasteiger partial charge < -0.3 is 247 Å². The van der Waals surface area contributed by atoms with Gasteiger partial charge in [-0.05, 0) is 50.4 Å². The normalized spacial score (nSPS) is 49.1. The zero-order valence-electron chi connectivity index (χ0n) is 67.0. The minimum atomic E-state index is -1.54. The molecule has 0 radical (unpaired) electrons. The first kappa shape index (κ1) is 104. The summed E-state index contributed by atoms with van der Waals surface area (Å²) in [5, 5.41) is 246. The van der Waals surface area contributed by atoms with Gasteiger partial charge >= 0.3 is 0 Å². The fraction of sp³-hybridized carbons (Fsp3) is 0.971. The number of aliphatic hydroxyl groups excluding tert-OH is 24. The number of nitrogens with two attached hydrogens (primary N) is 10. The first-order valence-electron chi connectivity index (χ1n) is 40.4. The van der Waals surface area contributed by atoms with Crippen molar-refractivity contribution in [2.45, 2.75) is 373 Å². The van der Waals surface area contributed by atoms with Crippen LogP contribution in [-0.4, -0.2) is 467 Å². The second-order valence-electron chi connectivity index (χ2n) is 32.6. The average molecular weight is 1750 g/mol. The lowest BCUT2D eigenvalue weighted by molar-refractivity contribution is -0.312. The number of carbonyl (C=O) groups is 2. The Hall–Kier alpha value is -2.90. The molecular formula is C70H136N12O38. The maximum atomic E-state index is 12.5. The number of nitrogens with one attached hydrogen (secondary N) is 2. The Morgan fingerprint density at radius 3 is 0.875 bits per heavy atom. The third-order valence-corrected chi connectivity index (χ3v) is 23.7. The van der Waals surface area contributed by atoms with Crippen LogP contribution in [0, 0.1) is 11.8 Å². The summed E-state index contributed by atoms with van der Waals surface area (Å²) in [5.74, 6) is -1.86. The summed E-state index contributed by atoms with van der Waals surface area (Å²) in [6.07, 6.45) is -46.0. The maximum Gasteiger partial charge on any atom is 0.249 e. The smallest absolute Gasteiger partial charge is 0.249 e. The second kappa shape index (κ2) is 46.9. The molecule has 10 fully saturated rings. The molecule has 10 rings (SSSR count). The van der Waals surface area contributed by atoms with E-state index in [4.69, 9.17) is 119 Å². The Balaban J connectivity index is 0.000000224. The minimum Gasteiger partial charge on any atom is -0.394 e. The zero-order chi connectivity index (χ0) is 89.8. The van der Waals surface area contributed by atoms with Gasteiger partial charge in [0.15, 0.2) is 37.7 Å². The van der Waals surface area contributed by atoms with Gasteiger partial charge in [-0.15, -0.1) is 0 Å².